The zero-order valence-electron chi connectivity index (χ0n) is 14.5. The molecule has 3 nitrogen and oxygen atoms in total. The van der Waals surface area contributed by atoms with Crippen molar-refractivity contribution in [1.29, 1.82) is 0 Å². The zero-order chi connectivity index (χ0) is 16.9. The van der Waals surface area contributed by atoms with E-state index in [-0.39, 0.29) is 0 Å². The van der Waals surface area contributed by atoms with Crippen LogP contribution in [0.3, 0.4) is 0 Å². The molecule has 2 aromatic rings. The summed E-state index contributed by atoms with van der Waals surface area (Å²) in [5.41, 5.74) is 3.71. The molecule has 3 heteroatoms. The van der Waals surface area contributed by atoms with Crippen LogP contribution in [-0.2, 0) is 6.42 Å². The lowest BCUT2D eigenvalue weighted by atomic mass is 9.93. The molecule has 0 N–H and O–H groups in total. The molecule has 1 aliphatic heterocycles. The molecule has 2 aromatic carbocycles. The Hall–Kier alpha value is -2.44. The molecule has 1 heterocycles. The molecule has 0 aliphatic carbocycles. The number of hydrogen-bond acceptors (Lipinski definition) is 3. The van der Waals surface area contributed by atoms with Gasteiger partial charge in [0.15, 0.2) is 11.5 Å². The first-order chi connectivity index (χ1) is 11.7. The molecule has 0 saturated carbocycles. The standard InChI is InChI=1S/C21H23NO2/c1-16-19-15-21(24-3)20(23-2)14-18(19)11-13-22(16)12-7-10-17-8-5-4-6-9-17/h4-6,8-9,14-16H,11-13H2,1-3H3. The molecule has 1 aliphatic rings. The number of methoxy groups -OCH3 is 2. The van der Waals surface area contributed by atoms with Gasteiger partial charge in [-0.25, -0.2) is 0 Å². The number of benzene rings is 2. The summed E-state index contributed by atoms with van der Waals surface area (Å²) in [7, 11) is 3.36. The molecule has 1 atom stereocenters. The lowest BCUT2D eigenvalue weighted by Gasteiger charge is -2.34. The smallest absolute Gasteiger partial charge is 0.161 e. The first-order valence-corrected chi connectivity index (χ1v) is 8.25. The molecule has 0 aromatic heterocycles. The minimum Gasteiger partial charge on any atom is -0.493 e. The van der Waals surface area contributed by atoms with Gasteiger partial charge in [0.1, 0.15) is 0 Å². The van der Waals surface area contributed by atoms with Gasteiger partial charge in [-0.05, 0) is 48.7 Å². The van der Waals surface area contributed by atoms with Gasteiger partial charge < -0.3 is 9.47 Å². The van der Waals surface area contributed by atoms with Crippen LogP contribution in [0.2, 0.25) is 0 Å². The Labute approximate surface area is 144 Å². The third-order valence-electron chi connectivity index (χ3n) is 4.60. The van der Waals surface area contributed by atoms with Crippen molar-refractivity contribution < 1.29 is 9.47 Å². The Morgan fingerprint density at radius 2 is 1.79 bits per heavy atom. The Morgan fingerprint density at radius 3 is 2.50 bits per heavy atom. The maximum atomic E-state index is 5.45. The third kappa shape index (κ3) is 3.39. The van der Waals surface area contributed by atoms with Gasteiger partial charge in [0.25, 0.3) is 0 Å². The van der Waals surface area contributed by atoms with E-state index >= 15 is 0 Å². The summed E-state index contributed by atoms with van der Waals surface area (Å²) in [6.07, 6.45) is 1.01. The fourth-order valence-electron chi connectivity index (χ4n) is 3.18. The van der Waals surface area contributed by atoms with E-state index in [1.165, 1.54) is 11.1 Å². The highest BCUT2D eigenvalue weighted by Gasteiger charge is 2.25. The van der Waals surface area contributed by atoms with Crippen molar-refractivity contribution in [3.63, 3.8) is 0 Å². The second kappa shape index (κ2) is 7.42. The number of ether oxygens (including phenoxy) is 2. The van der Waals surface area contributed by atoms with Crippen molar-refractivity contribution in [1.82, 2.24) is 4.90 Å². The summed E-state index contributed by atoms with van der Waals surface area (Å²) < 4.78 is 10.9. The van der Waals surface area contributed by atoms with Crippen molar-refractivity contribution in [2.75, 3.05) is 27.3 Å². The second-order valence-corrected chi connectivity index (χ2v) is 5.97. The fraction of sp³-hybridized carbons (Fsp3) is 0.333. The van der Waals surface area contributed by atoms with Crippen LogP contribution >= 0.6 is 0 Å². The molecular formula is C21H23NO2. The van der Waals surface area contributed by atoms with Crippen molar-refractivity contribution in [2.24, 2.45) is 0 Å². The first kappa shape index (κ1) is 16.4. The lowest BCUT2D eigenvalue weighted by molar-refractivity contribution is 0.223. The maximum absolute atomic E-state index is 5.45. The largest absolute Gasteiger partial charge is 0.493 e. The zero-order valence-corrected chi connectivity index (χ0v) is 14.5. The molecule has 0 saturated heterocycles. The molecule has 0 amide bonds. The highest BCUT2D eigenvalue weighted by molar-refractivity contribution is 5.49. The third-order valence-corrected chi connectivity index (χ3v) is 4.60. The molecule has 24 heavy (non-hydrogen) atoms. The van der Waals surface area contributed by atoms with Gasteiger partial charge in [0, 0.05) is 18.2 Å². The summed E-state index contributed by atoms with van der Waals surface area (Å²) in [4.78, 5) is 2.41. The van der Waals surface area contributed by atoms with Gasteiger partial charge in [-0.1, -0.05) is 30.0 Å². The number of hydrogen-bond donors (Lipinski definition) is 0. The Balaban J connectivity index is 1.77. The number of fused-ring (bicyclic) bond motifs is 1. The average molecular weight is 321 g/mol. The van der Waals surface area contributed by atoms with Crippen molar-refractivity contribution in [3.8, 4) is 23.3 Å². The van der Waals surface area contributed by atoms with Crippen molar-refractivity contribution in [2.45, 2.75) is 19.4 Å². The van der Waals surface area contributed by atoms with E-state index < -0.39 is 0 Å². The van der Waals surface area contributed by atoms with Crippen LogP contribution in [0.25, 0.3) is 0 Å². The minimum absolute atomic E-state index is 0.318. The monoisotopic (exact) mass is 321 g/mol. The van der Waals surface area contributed by atoms with Gasteiger partial charge in [0.05, 0.1) is 20.8 Å². The highest BCUT2D eigenvalue weighted by atomic mass is 16.5. The predicted octanol–water partition coefficient (Wildman–Crippen LogP) is 3.67. The van der Waals surface area contributed by atoms with Gasteiger partial charge in [0.2, 0.25) is 0 Å². The number of nitrogens with zero attached hydrogens (tertiary/aromatic N) is 1. The van der Waals surface area contributed by atoms with E-state index in [0.717, 1.165) is 36.6 Å². The van der Waals surface area contributed by atoms with Crippen LogP contribution < -0.4 is 9.47 Å². The van der Waals surface area contributed by atoms with E-state index in [2.05, 4.69) is 35.8 Å². The molecule has 0 radical (unpaired) electrons. The molecule has 0 bridgehead atoms. The second-order valence-electron chi connectivity index (χ2n) is 5.97. The van der Waals surface area contributed by atoms with Crippen LogP contribution in [0.15, 0.2) is 42.5 Å². The predicted molar refractivity (Wildman–Crippen MR) is 96.6 cm³/mol. The molecule has 0 spiro atoms. The minimum atomic E-state index is 0.318. The fourth-order valence-corrected chi connectivity index (χ4v) is 3.18. The van der Waals surface area contributed by atoms with Crippen LogP contribution in [0, 0.1) is 11.8 Å². The van der Waals surface area contributed by atoms with E-state index in [1.807, 2.05) is 30.3 Å². The molecule has 0 fully saturated rings. The van der Waals surface area contributed by atoms with E-state index in [9.17, 15) is 0 Å². The number of rotatable bonds is 3. The summed E-state index contributed by atoms with van der Waals surface area (Å²) in [6, 6.07) is 14.7. The van der Waals surface area contributed by atoms with Gasteiger partial charge in [-0.15, -0.1) is 0 Å². The Kier molecular flexibility index (Phi) is 5.08. The van der Waals surface area contributed by atoms with Crippen LogP contribution in [0.4, 0.5) is 0 Å². The van der Waals surface area contributed by atoms with Crippen LogP contribution in [0.1, 0.15) is 29.7 Å². The molecule has 1 unspecified atom stereocenters. The Morgan fingerprint density at radius 1 is 1.08 bits per heavy atom. The lowest BCUT2D eigenvalue weighted by Crippen LogP contribution is -2.34. The molecule has 124 valence electrons. The normalized spacial score (nSPS) is 16.7. The molecular weight excluding hydrogens is 298 g/mol. The highest BCUT2D eigenvalue weighted by Crippen LogP contribution is 2.37. The maximum Gasteiger partial charge on any atom is 0.161 e. The van der Waals surface area contributed by atoms with Crippen molar-refractivity contribution in [3.05, 3.63) is 59.2 Å². The molecule has 3 rings (SSSR count). The summed E-state index contributed by atoms with van der Waals surface area (Å²) in [6.45, 7) is 4.01. The average Bonchev–Trinajstić information content (AvgIpc) is 2.63. The van der Waals surface area contributed by atoms with E-state index in [1.54, 1.807) is 14.2 Å². The van der Waals surface area contributed by atoms with Crippen LogP contribution in [0.5, 0.6) is 11.5 Å². The van der Waals surface area contributed by atoms with E-state index in [0.29, 0.717) is 6.04 Å². The van der Waals surface area contributed by atoms with Crippen LogP contribution in [-0.4, -0.2) is 32.2 Å². The first-order valence-electron chi connectivity index (χ1n) is 8.25. The van der Waals surface area contributed by atoms with Gasteiger partial charge >= 0.3 is 0 Å². The van der Waals surface area contributed by atoms with Gasteiger partial charge in [-0.2, -0.15) is 0 Å². The summed E-state index contributed by atoms with van der Waals surface area (Å²) in [5, 5.41) is 0. The SMILES string of the molecule is COc1cc2c(cc1OC)C(C)N(CC#Cc1ccccc1)CC2. The van der Waals surface area contributed by atoms with E-state index in [4.69, 9.17) is 9.47 Å². The quantitative estimate of drug-likeness (QED) is 0.805. The summed E-state index contributed by atoms with van der Waals surface area (Å²) in [5.74, 6) is 8.14. The Bertz CT molecular complexity index is 759. The summed E-state index contributed by atoms with van der Waals surface area (Å²) >= 11 is 0. The van der Waals surface area contributed by atoms with Crippen molar-refractivity contribution >= 4 is 0 Å². The van der Waals surface area contributed by atoms with Gasteiger partial charge in [-0.3, -0.25) is 4.90 Å². The topological polar surface area (TPSA) is 21.7 Å².